The SMILES string of the molecule is CCCn1cc(S(=O)(=O)N2CC(C)SC(C)C2)c(N)n1. The average Bonchev–Trinajstić information content (AvgIpc) is 2.70. The summed E-state index contributed by atoms with van der Waals surface area (Å²) in [7, 11) is -3.54. The third-order valence-corrected chi connectivity index (χ3v) is 6.29. The van der Waals surface area contributed by atoms with Gasteiger partial charge in [-0.3, -0.25) is 4.68 Å². The van der Waals surface area contributed by atoms with Crippen molar-refractivity contribution in [2.45, 2.75) is 49.1 Å². The molecule has 2 unspecified atom stereocenters. The second-order valence-electron chi connectivity index (χ2n) is 5.22. The van der Waals surface area contributed by atoms with Gasteiger partial charge in [-0.2, -0.15) is 21.2 Å². The van der Waals surface area contributed by atoms with Crippen molar-refractivity contribution in [3.8, 4) is 0 Å². The molecule has 1 aromatic heterocycles. The first kappa shape index (κ1) is 15.7. The molecule has 1 aliphatic rings. The van der Waals surface area contributed by atoms with Gasteiger partial charge in [0.05, 0.1) is 0 Å². The molecule has 0 amide bonds. The van der Waals surface area contributed by atoms with Crippen LogP contribution in [0.25, 0.3) is 0 Å². The molecule has 8 heteroatoms. The van der Waals surface area contributed by atoms with Crippen LogP contribution in [0, 0.1) is 0 Å². The molecule has 2 rings (SSSR count). The number of thioether (sulfide) groups is 1. The van der Waals surface area contributed by atoms with E-state index in [9.17, 15) is 8.42 Å². The molecule has 0 bridgehead atoms. The average molecular weight is 318 g/mol. The van der Waals surface area contributed by atoms with E-state index >= 15 is 0 Å². The van der Waals surface area contributed by atoms with Gasteiger partial charge in [0.2, 0.25) is 10.0 Å². The van der Waals surface area contributed by atoms with E-state index in [1.54, 1.807) is 10.9 Å². The van der Waals surface area contributed by atoms with Crippen LogP contribution in [0.4, 0.5) is 5.82 Å². The predicted molar refractivity (Wildman–Crippen MR) is 82.2 cm³/mol. The number of hydrogen-bond donors (Lipinski definition) is 1. The van der Waals surface area contributed by atoms with Gasteiger partial charge >= 0.3 is 0 Å². The van der Waals surface area contributed by atoms with Crippen LogP contribution in [0.3, 0.4) is 0 Å². The van der Waals surface area contributed by atoms with Crippen molar-refractivity contribution in [1.29, 1.82) is 0 Å². The van der Waals surface area contributed by atoms with Crippen molar-refractivity contribution in [3.63, 3.8) is 0 Å². The molecular weight excluding hydrogens is 296 g/mol. The third-order valence-electron chi connectivity index (χ3n) is 3.21. The van der Waals surface area contributed by atoms with Gasteiger partial charge in [-0.1, -0.05) is 20.8 Å². The highest BCUT2D eigenvalue weighted by Gasteiger charge is 2.34. The minimum absolute atomic E-state index is 0.0944. The Hall–Kier alpha value is -0.730. The van der Waals surface area contributed by atoms with Crippen LogP contribution in [-0.2, 0) is 16.6 Å². The zero-order valence-electron chi connectivity index (χ0n) is 12.1. The molecule has 1 aliphatic heterocycles. The minimum atomic E-state index is -3.54. The van der Waals surface area contributed by atoms with Crippen LogP contribution in [-0.4, -0.2) is 46.1 Å². The van der Waals surface area contributed by atoms with Crippen LogP contribution >= 0.6 is 11.8 Å². The Balaban J connectivity index is 2.30. The lowest BCUT2D eigenvalue weighted by Gasteiger charge is -2.33. The van der Waals surface area contributed by atoms with Gasteiger partial charge in [0.15, 0.2) is 5.82 Å². The highest BCUT2D eigenvalue weighted by atomic mass is 32.2. The molecule has 0 saturated carbocycles. The first-order valence-electron chi connectivity index (χ1n) is 6.83. The quantitative estimate of drug-likeness (QED) is 0.907. The molecule has 0 aromatic carbocycles. The predicted octanol–water partition coefficient (Wildman–Crippen LogP) is 1.39. The van der Waals surface area contributed by atoms with E-state index in [0.717, 1.165) is 6.42 Å². The van der Waals surface area contributed by atoms with E-state index in [4.69, 9.17) is 5.73 Å². The van der Waals surface area contributed by atoms with Crippen molar-refractivity contribution in [1.82, 2.24) is 14.1 Å². The lowest BCUT2D eigenvalue weighted by molar-refractivity contribution is 0.405. The Bertz CT molecular complexity index is 560. The van der Waals surface area contributed by atoms with E-state index in [-0.39, 0.29) is 10.7 Å². The largest absolute Gasteiger partial charge is 0.381 e. The van der Waals surface area contributed by atoms with Gasteiger partial charge in [0.25, 0.3) is 0 Å². The molecule has 2 atom stereocenters. The minimum Gasteiger partial charge on any atom is -0.381 e. The van der Waals surface area contributed by atoms with Crippen molar-refractivity contribution < 1.29 is 8.42 Å². The molecule has 1 fully saturated rings. The number of hydrogen-bond acceptors (Lipinski definition) is 5. The van der Waals surface area contributed by atoms with Gasteiger partial charge < -0.3 is 5.73 Å². The second-order valence-corrected chi connectivity index (χ2v) is 9.01. The standard InChI is InChI=1S/C12H22N4O2S2/c1-4-5-15-8-11(12(13)14-15)20(17,18)16-6-9(2)19-10(3)7-16/h8-10H,4-7H2,1-3H3,(H2,13,14). The summed E-state index contributed by atoms with van der Waals surface area (Å²) in [5.41, 5.74) is 5.79. The van der Waals surface area contributed by atoms with E-state index < -0.39 is 10.0 Å². The monoisotopic (exact) mass is 318 g/mol. The topological polar surface area (TPSA) is 81.2 Å². The molecular formula is C12H22N4O2S2. The number of aryl methyl sites for hydroxylation is 1. The summed E-state index contributed by atoms with van der Waals surface area (Å²) in [6.07, 6.45) is 2.43. The fourth-order valence-electron chi connectivity index (χ4n) is 2.43. The van der Waals surface area contributed by atoms with Crippen LogP contribution < -0.4 is 5.73 Å². The number of nitrogens with zero attached hydrogens (tertiary/aromatic N) is 3. The molecule has 114 valence electrons. The first-order valence-corrected chi connectivity index (χ1v) is 9.21. The smallest absolute Gasteiger partial charge is 0.248 e. The number of rotatable bonds is 4. The van der Waals surface area contributed by atoms with Crippen molar-refractivity contribution in [3.05, 3.63) is 6.20 Å². The lowest BCUT2D eigenvalue weighted by atomic mass is 10.4. The van der Waals surface area contributed by atoms with E-state index in [1.807, 2.05) is 32.5 Å². The Labute approximate surface area is 124 Å². The van der Waals surface area contributed by atoms with Gasteiger partial charge in [-0.05, 0) is 6.42 Å². The molecule has 0 radical (unpaired) electrons. The molecule has 2 N–H and O–H groups in total. The normalized spacial score (nSPS) is 24.9. The van der Waals surface area contributed by atoms with Crippen molar-refractivity contribution in [2.24, 2.45) is 0 Å². The van der Waals surface area contributed by atoms with Crippen LogP contribution in [0.2, 0.25) is 0 Å². The zero-order chi connectivity index (χ0) is 14.9. The lowest BCUT2D eigenvalue weighted by Crippen LogP contribution is -2.44. The first-order chi connectivity index (χ1) is 9.34. The Morgan fingerprint density at radius 1 is 1.40 bits per heavy atom. The second kappa shape index (κ2) is 5.95. The maximum atomic E-state index is 12.7. The van der Waals surface area contributed by atoms with Gasteiger partial charge in [0.1, 0.15) is 4.90 Å². The zero-order valence-corrected chi connectivity index (χ0v) is 13.7. The number of nitrogens with two attached hydrogens (primary N) is 1. The summed E-state index contributed by atoms with van der Waals surface area (Å²) in [6.45, 7) is 7.82. The molecule has 0 spiro atoms. The highest BCUT2D eigenvalue weighted by molar-refractivity contribution is 8.00. The van der Waals surface area contributed by atoms with Gasteiger partial charge in [-0.15, -0.1) is 0 Å². The number of sulfonamides is 1. The number of nitrogen functional groups attached to an aromatic ring is 1. The summed E-state index contributed by atoms with van der Waals surface area (Å²) in [6, 6.07) is 0. The summed E-state index contributed by atoms with van der Waals surface area (Å²) in [4.78, 5) is 0.136. The Morgan fingerprint density at radius 2 is 2.00 bits per heavy atom. The highest BCUT2D eigenvalue weighted by Crippen LogP contribution is 2.30. The summed E-state index contributed by atoms with van der Waals surface area (Å²) >= 11 is 1.82. The molecule has 0 aliphatic carbocycles. The van der Waals surface area contributed by atoms with Crippen LogP contribution in [0.1, 0.15) is 27.2 Å². The Kier molecular flexibility index (Phi) is 4.66. The van der Waals surface area contributed by atoms with E-state index in [2.05, 4.69) is 5.10 Å². The maximum absolute atomic E-state index is 12.7. The van der Waals surface area contributed by atoms with E-state index in [0.29, 0.717) is 30.1 Å². The summed E-state index contributed by atoms with van der Waals surface area (Å²) in [5.74, 6) is 0.0944. The number of anilines is 1. The fraction of sp³-hybridized carbons (Fsp3) is 0.750. The number of aromatic nitrogens is 2. The van der Waals surface area contributed by atoms with Crippen LogP contribution in [0.15, 0.2) is 11.1 Å². The summed E-state index contributed by atoms with van der Waals surface area (Å²) in [5, 5.41) is 4.67. The van der Waals surface area contributed by atoms with Crippen molar-refractivity contribution >= 4 is 27.6 Å². The van der Waals surface area contributed by atoms with E-state index in [1.165, 1.54) is 4.31 Å². The fourth-order valence-corrected chi connectivity index (χ4v) is 5.62. The Morgan fingerprint density at radius 3 is 2.55 bits per heavy atom. The molecule has 6 nitrogen and oxygen atoms in total. The summed E-state index contributed by atoms with van der Waals surface area (Å²) < 4.78 is 28.5. The van der Waals surface area contributed by atoms with Crippen molar-refractivity contribution in [2.75, 3.05) is 18.8 Å². The maximum Gasteiger partial charge on any atom is 0.248 e. The molecule has 20 heavy (non-hydrogen) atoms. The van der Waals surface area contributed by atoms with Crippen LogP contribution in [0.5, 0.6) is 0 Å². The molecule has 1 saturated heterocycles. The van der Waals surface area contributed by atoms with Gasteiger partial charge in [0, 0.05) is 36.3 Å². The van der Waals surface area contributed by atoms with Gasteiger partial charge in [-0.25, -0.2) is 8.42 Å². The molecule has 1 aromatic rings. The molecule has 2 heterocycles. The third kappa shape index (κ3) is 3.12.